The number of aliphatic imine (C=N–C) groups is 2. The lowest BCUT2D eigenvalue weighted by Gasteiger charge is -1.93. The van der Waals surface area contributed by atoms with Gasteiger partial charge in [0.2, 0.25) is 0 Å². The molecule has 0 atom stereocenters. The minimum atomic E-state index is -0.368. The highest BCUT2D eigenvalue weighted by Gasteiger charge is 1.93. The molecule has 0 aromatic heterocycles. The largest absolute Gasteiger partial charge is 0.342 e. The van der Waals surface area contributed by atoms with E-state index in [1.54, 1.807) is 6.92 Å². The Bertz CT molecular complexity index is 162. The Morgan fingerprint density at radius 1 is 1.70 bits per heavy atom. The topological polar surface area (TPSA) is 53.8 Å². The van der Waals surface area contributed by atoms with E-state index in [1.165, 1.54) is 0 Å². The summed E-state index contributed by atoms with van der Waals surface area (Å²) in [7, 11) is 0. The van der Waals surface area contributed by atoms with E-state index < -0.39 is 0 Å². The van der Waals surface area contributed by atoms with E-state index in [2.05, 4.69) is 22.0 Å². The molecule has 0 radical (unpaired) electrons. The van der Waals surface area contributed by atoms with Gasteiger partial charge in [-0.15, -0.1) is 0 Å². The second-order valence-electron chi connectivity index (χ2n) is 1.65. The standard InChI is InChI=1S/C6H11N3O/c1-4-8-6(10)9-5(2)7-3/h3-4H2,1-2H3,(H,8,10). The number of carbonyl (C=O) groups is 1. The van der Waals surface area contributed by atoms with Crippen molar-refractivity contribution in [2.24, 2.45) is 9.98 Å². The molecule has 0 spiro atoms. The van der Waals surface area contributed by atoms with Gasteiger partial charge in [0.1, 0.15) is 5.84 Å². The van der Waals surface area contributed by atoms with E-state index in [1.807, 2.05) is 6.92 Å². The molecule has 4 nitrogen and oxygen atoms in total. The fourth-order valence-corrected chi connectivity index (χ4v) is 0.373. The minimum Gasteiger partial charge on any atom is -0.336 e. The second kappa shape index (κ2) is 4.67. The van der Waals surface area contributed by atoms with Crippen molar-refractivity contribution in [2.75, 3.05) is 6.54 Å². The summed E-state index contributed by atoms with van der Waals surface area (Å²) >= 11 is 0. The van der Waals surface area contributed by atoms with Gasteiger partial charge in [0.25, 0.3) is 0 Å². The molecule has 1 N–H and O–H groups in total. The molecule has 2 amide bonds. The molecule has 0 saturated carbocycles. The zero-order valence-corrected chi connectivity index (χ0v) is 6.22. The first-order valence-corrected chi connectivity index (χ1v) is 3.00. The van der Waals surface area contributed by atoms with Crippen molar-refractivity contribution in [1.29, 1.82) is 0 Å². The van der Waals surface area contributed by atoms with Crippen LogP contribution in [-0.4, -0.2) is 25.1 Å². The first-order valence-electron chi connectivity index (χ1n) is 3.00. The molecule has 0 unspecified atom stereocenters. The third kappa shape index (κ3) is 3.77. The van der Waals surface area contributed by atoms with Gasteiger partial charge in [-0.05, 0) is 20.6 Å². The maximum atomic E-state index is 10.6. The van der Waals surface area contributed by atoms with Crippen LogP contribution in [0.2, 0.25) is 0 Å². The van der Waals surface area contributed by atoms with E-state index in [0.717, 1.165) is 0 Å². The number of urea groups is 1. The average molecular weight is 141 g/mol. The Balaban J connectivity index is 3.86. The summed E-state index contributed by atoms with van der Waals surface area (Å²) in [5, 5.41) is 2.50. The molecule has 0 aliphatic carbocycles. The maximum Gasteiger partial charge on any atom is 0.342 e. The van der Waals surface area contributed by atoms with Crippen LogP contribution in [0.1, 0.15) is 13.8 Å². The number of amidine groups is 1. The highest BCUT2D eigenvalue weighted by atomic mass is 16.2. The number of hydrogen-bond donors (Lipinski definition) is 1. The van der Waals surface area contributed by atoms with Gasteiger partial charge in [0.05, 0.1) is 0 Å². The Kier molecular flexibility index (Phi) is 4.11. The van der Waals surface area contributed by atoms with Crippen molar-refractivity contribution in [1.82, 2.24) is 5.32 Å². The highest BCUT2D eigenvalue weighted by molar-refractivity contribution is 5.94. The summed E-state index contributed by atoms with van der Waals surface area (Å²) < 4.78 is 0. The highest BCUT2D eigenvalue weighted by Crippen LogP contribution is 1.79. The van der Waals surface area contributed by atoms with Crippen LogP contribution in [-0.2, 0) is 0 Å². The predicted octanol–water partition coefficient (Wildman–Crippen LogP) is 0.835. The molecule has 10 heavy (non-hydrogen) atoms. The van der Waals surface area contributed by atoms with Gasteiger partial charge in [-0.3, -0.25) is 0 Å². The molecule has 0 saturated heterocycles. The fourth-order valence-electron chi connectivity index (χ4n) is 0.373. The number of carbonyl (C=O) groups excluding carboxylic acids is 1. The number of nitrogens with one attached hydrogen (secondary N) is 1. The van der Waals surface area contributed by atoms with Crippen LogP contribution in [0.25, 0.3) is 0 Å². The fraction of sp³-hybridized carbons (Fsp3) is 0.500. The SMILES string of the molecule is C=NC(C)=NC(=O)NCC. The zero-order chi connectivity index (χ0) is 7.98. The van der Waals surface area contributed by atoms with Gasteiger partial charge in [0.15, 0.2) is 0 Å². The molecule has 0 aliphatic heterocycles. The van der Waals surface area contributed by atoms with Crippen LogP contribution < -0.4 is 5.32 Å². The molecule has 0 bridgehead atoms. The zero-order valence-electron chi connectivity index (χ0n) is 6.22. The van der Waals surface area contributed by atoms with Gasteiger partial charge in [-0.25, -0.2) is 9.79 Å². The van der Waals surface area contributed by atoms with Gasteiger partial charge >= 0.3 is 6.03 Å². The normalized spacial score (nSPS) is 10.8. The minimum absolute atomic E-state index is 0.368. The second-order valence-corrected chi connectivity index (χ2v) is 1.65. The molecular weight excluding hydrogens is 130 g/mol. The monoisotopic (exact) mass is 141 g/mol. The van der Waals surface area contributed by atoms with E-state index >= 15 is 0 Å². The first kappa shape index (κ1) is 8.81. The molecule has 0 aromatic carbocycles. The Hall–Kier alpha value is -1.19. The van der Waals surface area contributed by atoms with Crippen LogP contribution in [0.3, 0.4) is 0 Å². The van der Waals surface area contributed by atoms with Crippen LogP contribution >= 0.6 is 0 Å². The first-order chi connectivity index (χ1) is 4.70. The lowest BCUT2D eigenvalue weighted by Crippen LogP contribution is -2.19. The quantitative estimate of drug-likeness (QED) is 0.427. The third-order valence-corrected chi connectivity index (χ3v) is 0.820. The van der Waals surface area contributed by atoms with Crippen molar-refractivity contribution in [3.63, 3.8) is 0 Å². The van der Waals surface area contributed by atoms with Crippen molar-refractivity contribution in [2.45, 2.75) is 13.8 Å². The van der Waals surface area contributed by atoms with Crippen molar-refractivity contribution in [3.8, 4) is 0 Å². The molecule has 0 fully saturated rings. The van der Waals surface area contributed by atoms with Crippen LogP contribution in [0.4, 0.5) is 4.79 Å². The maximum absolute atomic E-state index is 10.6. The van der Waals surface area contributed by atoms with E-state index in [-0.39, 0.29) is 6.03 Å². The Morgan fingerprint density at radius 3 is 2.70 bits per heavy atom. The number of rotatable bonds is 1. The van der Waals surface area contributed by atoms with E-state index in [0.29, 0.717) is 12.4 Å². The van der Waals surface area contributed by atoms with Crippen molar-refractivity contribution < 1.29 is 4.79 Å². The number of hydrogen-bond acceptors (Lipinski definition) is 1. The number of nitrogens with zero attached hydrogens (tertiary/aromatic N) is 2. The van der Waals surface area contributed by atoms with E-state index in [9.17, 15) is 4.79 Å². The molecule has 0 aromatic rings. The van der Waals surface area contributed by atoms with Crippen molar-refractivity contribution >= 4 is 18.6 Å². The van der Waals surface area contributed by atoms with Gasteiger partial charge in [-0.1, -0.05) is 0 Å². The molecule has 56 valence electrons. The van der Waals surface area contributed by atoms with Gasteiger partial charge in [-0.2, -0.15) is 4.99 Å². The van der Waals surface area contributed by atoms with Gasteiger partial charge in [0, 0.05) is 6.54 Å². The lowest BCUT2D eigenvalue weighted by molar-refractivity contribution is 0.250. The molecule has 4 heteroatoms. The summed E-state index contributed by atoms with van der Waals surface area (Å²) in [5.74, 6) is 0.381. The Labute approximate surface area is 60.1 Å². The molecule has 0 rings (SSSR count). The van der Waals surface area contributed by atoms with Crippen LogP contribution in [0, 0.1) is 0 Å². The van der Waals surface area contributed by atoms with Crippen molar-refractivity contribution in [3.05, 3.63) is 0 Å². The summed E-state index contributed by atoms with van der Waals surface area (Å²) in [5.41, 5.74) is 0. The van der Waals surface area contributed by atoms with E-state index in [4.69, 9.17) is 0 Å². The predicted molar refractivity (Wildman–Crippen MR) is 41.7 cm³/mol. The Morgan fingerprint density at radius 2 is 2.30 bits per heavy atom. The summed E-state index contributed by atoms with van der Waals surface area (Å²) in [6, 6.07) is -0.368. The smallest absolute Gasteiger partial charge is 0.336 e. The summed E-state index contributed by atoms with van der Waals surface area (Å²) in [6.45, 7) is 7.23. The number of amides is 2. The lowest BCUT2D eigenvalue weighted by atomic mass is 10.7. The average Bonchev–Trinajstić information content (AvgIpc) is 1.88. The van der Waals surface area contributed by atoms with Crippen LogP contribution in [0.15, 0.2) is 9.98 Å². The van der Waals surface area contributed by atoms with Crippen LogP contribution in [0.5, 0.6) is 0 Å². The summed E-state index contributed by atoms with van der Waals surface area (Å²) in [6.07, 6.45) is 0. The van der Waals surface area contributed by atoms with Gasteiger partial charge < -0.3 is 5.32 Å². The molecular formula is C6H11N3O. The summed E-state index contributed by atoms with van der Waals surface area (Å²) in [4.78, 5) is 17.6. The molecule has 0 aliphatic rings. The third-order valence-electron chi connectivity index (χ3n) is 0.820. The molecule has 0 heterocycles.